The van der Waals surface area contributed by atoms with Crippen molar-refractivity contribution in [2.75, 3.05) is 13.1 Å². The van der Waals surface area contributed by atoms with Gasteiger partial charge in [-0.2, -0.15) is 0 Å². The van der Waals surface area contributed by atoms with E-state index in [9.17, 15) is 9.59 Å². The topological polar surface area (TPSA) is 71.3 Å². The van der Waals surface area contributed by atoms with Gasteiger partial charge in [-0.15, -0.1) is 0 Å². The lowest BCUT2D eigenvalue weighted by Crippen LogP contribution is -2.37. The van der Waals surface area contributed by atoms with E-state index in [1.807, 2.05) is 0 Å². The fraction of sp³-hybridized carbons (Fsp3) is 0.467. The van der Waals surface area contributed by atoms with Crippen molar-refractivity contribution in [3.8, 4) is 0 Å². The summed E-state index contributed by atoms with van der Waals surface area (Å²) in [6.45, 7) is 0.572. The maximum absolute atomic E-state index is 11.7. The monoisotopic (exact) mass is 354 g/mol. The van der Waals surface area contributed by atoms with Crippen LogP contribution in [-0.2, 0) is 4.79 Å². The van der Waals surface area contributed by atoms with Gasteiger partial charge in [-0.3, -0.25) is 9.59 Å². The van der Waals surface area contributed by atoms with Crippen LogP contribution in [0.2, 0.25) is 0 Å². The molecule has 2 rings (SSSR count). The Morgan fingerprint density at radius 2 is 2.10 bits per heavy atom. The van der Waals surface area contributed by atoms with E-state index in [0.29, 0.717) is 11.2 Å². The molecule has 0 unspecified atom stereocenters. The summed E-state index contributed by atoms with van der Waals surface area (Å²) in [5, 5.41) is 5.33. The van der Waals surface area contributed by atoms with E-state index in [2.05, 4.69) is 32.6 Å². The molecule has 21 heavy (non-hydrogen) atoms. The average Bonchev–Trinajstić information content (AvgIpc) is 2.92. The highest BCUT2D eigenvalue weighted by molar-refractivity contribution is 9.10. The summed E-state index contributed by atoms with van der Waals surface area (Å²) in [6, 6.07) is 3.18. The first-order valence-electron chi connectivity index (χ1n) is 7.13. The molecule has 2 amide bonds. The first kappa shape index (κ1) is 15.8. The molecule has 0 aliphatic heterocycles. The van der Waals surface area contributed by atoms with E-state index < -0.39 is 5.91 Å². The number of rotatable bonds is 6. The third-order valence-electron chi connectivity index (χ3n) is 3.36. The second kappa shape index (κ2) is 8.02. The standard InChI is InChI=1S/C15H19BrN2O3/c16-13-7-6-12(21-13)15(20)18-10-14(19)17-9-8-11-4-2-1-3-5-11/h4,6-7H,1-3,5,8-10H2,(H,17,19)(H,18,20). The zero-order valence-electron chi connectivity index (χ0n) is 11.8. The molecule has 0 bridgehead atoms. The van der Waals surface area contributed by atoms with Crippen molar-refractivity contribution in [2.45, 2.75) is 32.1 Å². The molecule has 0 atom stereocenters. The number of allylic oxidation sites excluding steroid dienone is 1. The van der Waals surface area contributed by atoms with Crippen LogP contribution < -0.4 is 10.6 Å². The molecule has 1 aromatic rings. The van der Waals surface area contributed by atoms with Gasteiger partial charge in [0.15, 0.2) is 10.4 Å². The molecule has 0 fully saturated rings. The first-order chi connectivity index (χ1) is 10.1. The van der Waals surface area contributed by atoms with Crippen LogP contribution in [-0.4, -0.2) is 24.9 Å². The number of furan rings is 1. The highest BCUT2D eigenvalue weighted by Crippen LogP contribution is 2.19. The van der Waals surface area contributed by atoms with Crippen LogP contribution in [0.3, 0.4) is 0 Å². The molecule has 0 aromatic carbocycles. The lowest BCUT2D eigenvalue weighted by Gasteiger charge is -2.13. The number of carbonyl (C=O) groups is 2. The van der Waals surface area contributed by atoms with Gasteiger partial charge in [0.05, 0.1) is 6.54 Å². The van der Waals surface area contributed by atoms with Gasteiger partial charge >= 0.3 is 0 Å². The molecule has 5 nitrogen and oxygen atoms in total. The molecule has 0 spiro atoms. The van der Waals surface area contributed by atoms with Gasteiger partial charge in [0.25, 0.3) is 5.91 Å². The van der Waals surface area contributed by atoms with E-state index in [4.69, 9.17) is 4.42 Å². The van der Waals surface area contributed by atoms with Crippen LogP contribution in [0.5, 0.6) is 0 Å². The predicted octanol–water partition coefficient (Wildman–Crippen LogP) is 2.78. The Morgan fingerprint density at radius 3 is 2.76 bits per heavy atom. The fourth-order valence-corrected chi connectivity index (χ4v) is 2.55. The second-order valence-electron chi connectivity index (χ2n) is 4.99. The zero-order valence-corrected chi connectivity index (χ0v) is 13.4. The molecular weight excluding hydrogens is 336 g/mol. The normalized spacial score (nSPS) is 14.4. The van der Waals surface area contributed by atoms with Crippen molar-refractivity contribution in [3.63, 3.8) is 0 Å². The van der Waals surface area contributed by atoms with E-state index in [0.717, 1.165) is 19.3 Å². The summed E-state index contributed by atoms with van der Waals surface area (Å²) in [5.74, 6) is -0.404. The van der Waals surface area contributed by atoms with Crippen LogP contribution in [0.4, 0.5) is 0 Å². The van der Waals surface area contributed by atoms with Crippen molar-refractivity contribution in [2.24, 2.45) is 0 Å². The third kappa shape index (κ3) is 5.38. The largest absolute Gasteiger partial charge is 0.444 e. The Labute approximate surface area is 132 Å². The summed E-state index contributed by atoms with van der Waals surface area (Å²) in [5.41, 5.74) is 1.42. The van der Waals surface area contributed by atoms with Crippen LogP contribution in [0.15, 0.2) is 32.9 Å². The van der Waals surface area contributed by atoms with Crippen molar-refractivity contribution in [1.29, 1.82) is 0 Å². The van der Waals surface area contributed by atoms with E-state index >= 15 is 0 Å². The second-order valence-corrected chi connectivity index (χ2v) is 5.78. The predicted molar refractivity (Wildman–Crippen MR) is 82.9 cm³/mol. The number of amides is 2. The van der Waals surface area contributed by atoms with Crippen molar-refractivity contribution >= 4 is 27.7 Å². The summed E-state index contributed by atoms with van der Waals surface area (Å²) in [4.78, 5) is 23.3. The highest BCUT2D eigenvalue weighted by atomic mass is 79.9. The van der Waals surface area contributed by atoms with Crippen LogP contribution in [0, 0.1) is 0 Å². The number of hydrogen-bond donors (Lipinski definition) is 2. The summed E-state index contributed by atoms with van der Waals surface area (Å²) in [6.07, 6.45) is 7.97. The SMILES string of the molecule is O=C(CNC(=O)c1ccc(Br)o1)NCCC1=CCCCC1. The molecular formula is C15H19BrN2O3. The molecule has 6 heteroatoms. The number of carbonyl (C=O) groups excluding carboxylic acids is 2. The van der Waals surface area contributed by atoms with Gasteiger partial charge in [-0.25, -0.2) is 0 Å². The minimum absolute atomic E-state index is 0.0454. The van der Waals surface area contributed by atoms with Crippen molar-refractivity contribution in [1.82, 2.24) is 10.6 Å². The Hall–Kier alpha value is -1.56. The molecule has 1 heterocycles. The fourth-order valence-electron chi connectivity index (χ4n) is 2.24. The van der Waals surface area contributed by atoms with Gasteiger partial charge in [0.2, 0.25) is 5.91 Å². The first-order valence-corrected chi connectivity index (χ1v) is 7.92. The molecule has 0 saturated carbocycles. The lowest BCUT2D eigenvalue weighted by atomic mass is 9.97. The maximum Gasteiger partial charge on any atom is 0.287 e. The summed E-state index contributed by atoms with van der Waals surface area (Å²) < 4.78 is 5.59. The Bertz CT molecular complexity index is 537. The molecule has 0 radical (unpaired) electrons. The van der Waals surface area contributed by atoms with Gasteiger partial charge < -0.3 is 15.1 Å². The van der Waals surface area contributed by atoms with Crippen LogP contribution in [0.25, 0.3) is 0 Å². The molecule has 114 valence electrons. The van der Waals surface area contributed by atoms with E-state index in [-0.39, 0.29) is 18.2 Å². The summed E-state index contributed by atoms with van der Waals surface area (Å²) >= 11 is 3.12. The van der Waals surface area contributed by atoms with Gasteiger partial charge in [0, 0.05) is 6.54 Å². The average molecular weight is 355 g/mol. The smallest absolute Gasteiger partial charge is 0.287 e. The van der Waals surface area contributed by atoms with Gasteiger partial charge in [-0.1, -0.05) is 11.6 Å². The maximum atomic E-state index is 11.7. The molecule has 0 saturated heterocycles. The number of nitrogens with one attached hydrogen (secondary N) is 2. The van der Waals surface area contributed by atoms with Gasteiger partial charge in [-0.05, 0) is 60.2 Å². The molecule has 2 N–H and O–H groups in total. The molecule has 1 aliphatic rings. The van der Waals surface area contributed by atoms with Crippen LogP contribution in [0.1, 0.15) is 42.7 Å². The van der Waals surface area contributed by atoms with Crippen molar-refractivity contribution in [3.05, 3.63) is 34.2 Å². The highest BCUT2D eigenvalue weighted by Gasteiger charge is 2.11. The number of hydrogen-bond acceptors (Lipinski definition) is 3. The Kier molecular flexibility index (Phi) is 6.04. The minimum atomic E-state index is -0.397. The molecule has 1 aromatic heterocycles. The lowest BCUT2D eigenvalue weighted by molar-refractivity contribution is -0.120. The third-order valence-corrected chi connectivity index (χ3v) is 3.79. The Balaban J connectivity index is 1.63. The van der Waals surface area contributed by atoms with E-state index in [1.165, 1.54) is 18.4 Å². The zero-order chi connectivity index (χ0) is 15.1. The minimum Gasteiger partial charge on any atom is -0.444 e. The molecule has 1 aliphatic carbocycles. The quantitative estimate of drug-likeness (QED) is 0.771. The van der Waals surface area contributed by atoms with E-state index in [1.54, 1.807) is 12.1 Å². The number of halogens is 1. The summed E-state index contributed by atoms with van der Waals surface area (Å²) in [7, 11) is 0. The van der Waals surface area contributed by atoms with Crippen LogP contribution >= 0.6 is 15.9 Å². The van der Waals surface area contributed by atoms with Crippen molar-refractivity contribution < 1.29 is 14.0 Å². The van der Waals surface area contributed by atoms with Gasteiger partial charge in [0.1, 0.15) is 0 Å². The Morgan fingerprint density at radius 1 is 1.24 bits per heavy atom.